The molecule has 0 saturated heterocycles. The molecule has 0 bridgehead atoms. The van der Waals surface area contributed by atoms with E-state index in [1.54, 1.807) is 31.4 Å². The van der Waals surface area contributed by atoms with E-state index in [2.05, 4.69) is 44.0 Å². The molecule has 1 heterocycles. The first-order valence-electron chi connectivity index (χ1n) is 9.69. The number of ether oxygens (including phenoxy) is 1. The normalized spacial score (nSPS) is 12.0. The molecule has 0 spiro atoms. The Balaban J connectivity index is 1.64. The quantitative estimate of drug-likeness (QED) is 0.419. The number of benzene rings is 3. The van der Waals surface area contributed by atoms with Crippen LogP contribution in [0.2, 0.25) is 0 Å². The van der Waals surface area contributed by atoms with Gasteiger partial charge in [0.1, 0.15) is 11.6 Å². The highest BCUT2D eigenvalue weighted by Crippen LogP contribution is 2.24. The fourth-order valence-corrected chi connectivity index (χ4v) is 3.94. The van der Waals surface area contributed by atoms with Crippen LogP contribution in [0.5, 0.6) is 5.75 Å². The number of para-hydroxylation sites is 2. The van der Waals surface area contributed by atoms with Crippen LogP contribution in [-0.2, 0) is 6.54 Å². The summed E-state index contributed by atoms with van der Waals surface area (Å²) in [7, 11) is 1.60. The third-order valence-electron chi connectivity index (χ3n) is 5.00. The van der Waals surface area contributed by atoms with Gasteiger partial charge in [-0.1, -0.05) is 40.2 Å². The van der Waals surface area contributed by atoms with Gasteiger partial charge in [-0.05, 0) is 61.0 Å². The summed E-state index contributed by atoms with van der Waals surface area (Å²) in [6, 6.07) is 23.1. The third-order valence-corrected chi connectivity index (χ3v) is 5.49. The number of nitrogens with zero attached hydrogens (tertiary/aromatic N) is 2. The van der Waals surface area contributed by atoms with Crippen molar-refractivity contribution in [2.45, 2.75) is 19.5 Å². The van der Waals surface area contributed by atoms with Gasteiger partial charge in [-0.3, -0.25) is 4.79 Å². The zero-order chi connectivity index (χ0) is 21.1. The maximum absolute atomic E-state index is 12.8. The molecule has 5 nitrogen and oxygen atoms in total. The molecule has 4 aromatic rings. The summed E-state index contributed by atoms with van der Waals surface area (Å²) in [6.45, 7) is 2.62. The Morgan fingerprint density at radius 2 is 1.87 bits per heavy atom. The number of halogens is 1. The van der Waals surface area contributed by atoms with Gasteiger partial charge in [0, 0.05) is 16.6 Å². The number of methoxy groups -OCH3 is 1. The predicted octanol–water partition coefficient (Wildman–Crippen LogP) is 5.35. The zero-order valence-electron chi connectivity index (χ0n) is 16.8. The van der Waals surface area contributed by atoms with E-state index in [0.717, 1.165) is 32.6 Å². The first-order chi connectivity index (χ1) is 14.5. The number of fused-ring (bicyclic) bond motifs is 1. The zero-order valence-corrected chi connectivity index (χ0v) is 18.4. The number of imidazole rings is 1. The molecule has 3 aromatic carbocycles. The van der Waals surface area contributed by atoms with E-state index < -0.39 is 0 Å². The molecular formula is C24H22BrN3O2. The molecule has 0 fully saturated rings. The number of carbonyl (C=O) groups excluding carboxylic acids is 1. The number of hydrogen-bond donors (Lipinski definition) is 1. The van der Waals surface area contributed by atoms with Crippen LogP contribution in [-0.4, -0.2) is 22.6 Å². The Bertz CT molecular complexity index is 1180. The highest BCUT2D eigenvalue weighted by molar-refractivity contribution is 9.10. The fourth-order valence-electron chi connectivity index (χ4n) is 3.50. The van der Waals surface area contributed by atoms with Gasteiger partial charge in [-0.25, -0.2) is 4.98 Å². The Kier molecular flexibility index (Phi) is 5.86. The first kappa shape index (κ1) is 20.2. The lowest BCUT2D eigenvalue weighted by atomic mass is 10.2. The molecule has 0 saturated carbocycles. The van der Waals surface area contributed by atoms with Gasteiger partial charge < -0.3 is 14.6 Å². The van der Waals surface area contributed by atoms with Gasteiger partial charge in [0.05, 0.1) is 24.2 Å². The summed E-state index contributed by atoms with van der Waals surface area (Å²) in [4.78, 5) is 17.6. The molecule has 1 atom stereocenters. The molecule has 1 aromatic heterocycles. The smallest absolute Gasteiger partial charge is 0.251 e. The Morgan fingerprint density at radius 3 is 2.60 bits per heavy atom. The van der Waals surface area contributed by atoms with E-state index in [9.17, 15) is 4.79 Å². The molecule has 1 amide bonds. The number of rotatable bonds is 6. The van der Waals surface area contributed by atoms with Crippen molar-refractivity contribution in [2.24, 2.45) is 0 Å². The second-order valence-electron chi connectivity index (χ2n) is 7.10. The average Bonchev–Trinajstić information content (AvgIpc) is 3.12. The topological polar surface area (TPSA) is 56.1 Å². The average molecular weight is 464 g/mol. The minimum Gasteiger partial charge on any atom is -0.497 e. The van der Waals surface area contributed by atoms with Gasteiger partial charge in [0.25, 0.3) is 5.91 Å². The van der Waals surface area contributed by atoms with Crippen molar-refractivity contribution >= 4 is 32.9 Å². The van der Waals surface area contributed by atoms with E-state index in [1.807, 2.05) is 37.3 Å². The van der Waals surface area contributed by atoms with Crippen molar-refractivity contribution in [3.8, 4) is 5.75 Å². The molecule has 1 N–H and O–H groups in total. The van der Waals surface area contributed by atoms with Crippen molar-refractivity contribution in [1.82, 2.24) is 14.9 Å². The third kappa shape index (κ3) is 4.24. The lowest BCUT2D eigenvalue weighted by Gasteiger charge is -2.17. The van der Waals surface area contributed by atoms with Crippen LogP contribution in [0.3, 0.4) is 0 Å². The molecule has 6 heteroatoms. The van der Waals surface area contributed by atoms with Crippen LogP contribution in [0.15, 0.2) is 77.3 Å². The van der Waals surface area contributed by atoms with Crippen LogP contribution in [0.1, 0.15) is 34.7 Å². The SMILES string of the molecule is COc1ccc(C(=O)NC(C)c2nc3ccccc3n2Cc2cccc(Br)c2)cc1. The van der Waals surface area contributed by atoms with E-state index in [4.69, 9.17) is 9.72 Å². The van der Waals surface area contributed by atoms with E-state index >= 15 is 0 Å². The predicted molar refractivity (Wildman–Crippen MR) is 122 cm³/mol. The summed E-state index contributed by atoms with van der Waals surface area (Å²) in [5, 5.41) is 3.08. The van der Waals surface area contributed by atoms with Crippen molar-refractivity contribution in [3.63, 3.8) is 0 Å². The Hall–Kier alpha value is -3.12. The maximum Gasteiger partial charge on any atom is 0.251 e. The van der Waals surface area contributed by atoms with E-state index in [0.29, 0.717) is 12.1 Å². The highest BCUT2D eigenvalue weighted by atomic mass is 79.9. The summed E-state index contributed by atoms with van der Waals surface area (Å²) in [6.07, 6.45) is 0. The lowest BCUT2D eigenvalue weighted by Crippen LogP contribution is -2.28. The first-order valence-corrected chi connectivity index (χ1v) is 10.5. The molecule has 0 aliphatic rings. The second kappa shape index (κ2) is 8.71. The minimum atomic E-state index is -0.265. The molecule has 152 valence electrons. The fraction of sp³-hybridized carbons (Fsp3) is 0.167. The van der Waals surface area contributed by atoms with Gasteiger partial charge in [-0.2, -0.15) is 0 Å². The summed E-state index contributed by atoms with van der Waals surface area (Å²) in [5.74, 6) is 1.39. The highest BCUT2D eigenvalue weighted by Gasteiger charge is 2.19. The number of amides is 1. The summed E-state index contributed by atoms with van der Waals surface area (Å²) >= 11 is 3.54. The number of nitrogens with one attached hydrogen (secondary N) is 1. The van der Waals surface area contributed by atoms with Crippen LogP contribution >= 0.6 is 15.9 Å². The van der Waals surface area contributed by atoms with Crippen LogP contribution < -0.4 is 10.1 Å². The molecule has 0 radical (unpaired) electrons. The van der Waals surface area contributed by atoms with Gasteiger partial charge in [-0.15, -0.1) is 0 Å². The van der Waals surface area contributed by atoms with Crippen molar-refractivity contribution < 1.29 is 9.53 Å². The summed E-state index contributed by atoms with van der Waals surface area (Å²) < 4.78 is 8.36. The van der Waals surface area contributed by atoms with E-state index in [1.165, 1.54) is 0 Å². The van der Waals surface area contributed by atoms with Crippen molar-refractivity contribution in [1.29, 1.82) is 0 Å². The molecule has 30 heavy (non-hydrogen) atoms. The molecule has 0 aliphatic carbocycles. The molecule has 1 unspecified atom stereocenters. The van der Waals surface area contributed by atoms with Gasteiger partial charge in [0.15, 0.2) is 0 Å². The Labute approximate surface area is 183 Å². The van der Waals surface area contributed by atoms with E-state index in [-0.39, 0.29) is 11.9 Å². The second-order valence-corrected chi connectivity index (χ2v) is 8.01. The monoisotopic (exact) mass is 463 g/mol. The largest absolute Gasteiger partial charge is 0.497 e. The van der Waals surface area contributed by atoms with Gasteiger partial charge in [0.2, 0.25) is 0 Å². The number of hydrogen-bond acceptors (Lipinski definition) is 3. The van der Waals surface area contributed by atoms with Crippen LogP contribution in [0, 0.1) is 0 Å². The molecule has 4 rings (SSSR count). The molecule has 0 aliphatic heterocycles. The standard InChI is InChI=1S/C24H22BrN3O2/c1-16(26-24(29)18-10-12-20(30-2)13-11-18)23-27-21-8-3-4-9-22(21)28(23)15-17-6-5-7-19(25)14-17/h3-14,16H,15H2,1-2H3,(H,26,29). The van der Waals surface area contributed by atoms with Crippen LogP contribution in [0.4, 0.5) is 0 Å². The van der Waals surface area contributed by atoms with Crippen molar-refractivity contribution in [3.05, 3.63) is 94.2 Å². The van der Waals surface area contributed by atoms with Crippen molar-refractivity contribution in [2.75, 3.05) is 7.11 Å². The molecular weight excluding hydrogens is 442 g/mol. The number of carbonyl (C=O) groups is 1. The lowest BCUT2D eigenvalue weighted by molar-refractivity contribution is 0.0937. The summed E-state index contributed by atoms with van der Waals surface area (Å²) in [5.41, 5.74) is 3.69. The Morgan fingerprint density at radius 1 is 1.10 bits per heavy atom. The number of aromatic nitrogens is 2. The minimum absolute atomic E-state index is 0.147. The maximum atomic E-state index is 12.8. The van der Waals surface area contributed by atoms with Gasteiger partial charge >= 0.3 is 0 Å². The van der Waals surface area contributed by atoms with Crippen LogP contribution in [0.25, 0.3) is 11.0 Å².